The molecule has 0 atom stereocenters. The molecule has 0 saturated heterocycles. The van der Waals surface area contributed by atoms with Crippen LogP contribution in [0.25, 0.3) is 0 Å². The minimum Gasteiger partial charge on any atom is -0.384 e. The molecule has 2 aliphatic rings. The second kappa shape index (κ2) is 7.69. The Morgan fingerprint density at radius 3 is 2.57 bits per heavy atom. The van der Waals surface area contributed by atoms with E-state index in [2.05, 4.69) is 22.8 Å². The highest BCUT2D eigenvalue weighted by Crippen LogP contribution is 2.27. The van der Waals surface area contributed by atoms with Gasteiger partial charge in [0.05, 0.1) is 0 Å². The fraction of sp³-hybridized carbons (Fsp3) is 0.588. The molecule has 1 amide bonds. The van der Waals surface area contributed by atoms with Gasteiger partial charge in [-0.3, -0.25) is 4.79 Å². The Labute approximate surface area is 133 Å². The molecule has 1 heterocycles. The van der Waals surface area contributed by atoms with E-state index in [9.17, 15) is 4.79 Å². The van der Waals surface area contributed by atoms with Crippen molar-refractivity contribution in [2.24, 2.45) is 5.92 Å². The van der Waals surface area contributed by atoms with Gasteiger partial charge in [0.25, 0.3) is 0 Å². The van der Waals surface area contributed by atoms with Crippen molar-refractivity contribution in [3.8, 4) is 0 Å². The molecule has 1 fully saturated rings. The Bertz CT molecular complexity index is 482. The minimum atomic E-state index is 0. The van der Waals surface area contributed by atoms with Crippen molar-refractivity contribution in [1.29, 1.82) is 0 Å². The van der Waals surface area contributed by atoms with Crippen LogP contribution < -0.4 is 10.6 Å². The monoisotopic (exact) mass is 308 g/mol. The fourth-order valence-corrected chi connectivity index (χ4v) is 3.35. The molecule has 1 aliphatic heterocycles. The lowest BCUT2D eigenvalue weighted by molar-refractivity contribution is -0.120. The molecule has 21 heavy (non-hydrogen) atoms. The van der Waals surface area contributed by atoms with Gasteiger partial charge in [-0.15, -0.1) is 12.4 Å². The van der Waals surface area contributed by atoms with E-state index < -0.39 is 0 Å². The van der Waals surface area contributed by atoms with Crippen LogP contribution in [0.5, 0.6) is 0 Å². The van der Waals surface area contributed by atoms with E-state index in [-0.39, 0.29) is 24.2 Å². The molecule has 4 heteroatoms. The SMILES string of the molecule is Cl.O=C(Nc1ccc2c(c1)CCN2)C1CCCCCCC1. The summed E-state index contributed by atoms with van der Waals surface area (Å²) in [6.07, 6.45) is 9.48. The van der Waals surface area contributed by atoms with Crippen molar-refractivity contribution in [3.63, 3.8) is 0 Å². The maximum atomic E-state index is 12.4. The van der Waals surface area contributed by atoms with E-state index in [4.69, 9.17) is 0 Å². The second-order valence-corrected chi connectivity index (χ2v) is 6.08. The van der Waals surface area contributed by atoms with Crippen LogP contribution in [0.2, 0.25) is 0 Å². The van der Waals surface area contributed by atoms with Crippen molar-refractivity contribution in [2.75, 3.05) is 17.2 Å². The standard InChI is InChI=1S/C17H24N2O.ClH/c20-17(13-6-4-2-1-3-5-7-13)19-15-8-9-16-14(12-15)10-11-18-16;/h8-9,12-13,18H,1-7,10-11H2,(H,19,20);1H. The van der Waals surface area contributed by atoms with Gasteiger partial charge in [-0.05, 0) is 43.0 Å². The van der Waals surface area contributed by atoms with Crippen LogP contribution in [0.3, 0.4) is 0 Å². The molecule has 0 spiro atoms. The summed E-state index contributed by atoms with van der Waals surface area (Å²) >= 11 is 0. The third kappa shape index (κ3) is 4.13. The highest BCUT2D eigenvalue weighted by molar-refractivity contribution is 5.93. The zero-order chi connectivity index (χ0) is 13.8. The summed E-state index contributed by atoms with van der Waals surface area (Å²) in [4.78, 5) is 12.4. The van der Waals surface area contributed by atoms with Gasteiger partial charge in [-0.2, -0.15) is 0 Å². The zero-order valence-corrected chi connectivity index (χ0v) is 13.3. The number of rotatable bonds is 2. The number of halogens is 1. The van der Waals surface area contributed by atoms with Gasteiger partial charge in [0.1, 0.15) is 0 Å². The molecular formula is C17H25ClN2O. The summed E-state index contributed by atoms with van der Waals surface area (Å²) in [5, 5.41) is 6.47. The van der Waals surface area contributed by atoms with E-state index in [0.29, 0.717) is 0 Å². The normalized spacial score (nSPS) is 18.7. The van der Waals surface area contributed by atoms with Gasteiger partial charge in [-0.1, -0.05) is 32.1 Å². The van der Waals surface area contributed by atoms with Gasteiger partial charge >= 0.3 is 0 Å². The van der Waals surface area contributed by atoms with Gasteiger partial charge in [0, 0.05) is 23.8 Å². The first-order chi connectivity index (χ1) is 9.83. The summed E-state index contributed by atoms with van der Waals surface area (Å²) in [5.41, 5.74) is 3.49. The lowest BCUT2D eigenvalue weighted by Crippen LogP contribution is -2.23. The van der Waals surface area contributed by atoms with Gasteiger partial charge in [-0.25, -0.2) is 0 Å². The molecule has 0 unspecified atom stereocenters. The van der Waals surface area contributed by atoms with Crippen LogP contribution in [0.1, 0.15) is 50.5 Å². The van der Waals surface area contributed by atoms with Crippen molar-refractivity contribution in [2.45, 2.75) is 51.4 Å². The van der Waals surface area contributed by atoms with Crippen LogP contribution in [0, 0.1) is 5.92 Å². The van der Waals surface area contributed by atoms with E-state index in [1.54, 1.807) is 0 Å². The summed E-state index contributed by atoms with van der Waals surface area (Å²) in [7, 11) is 0. The predicted octanol–water partition coefficient (Wildman–Crippen LogP) is 4.38. The smallest absolute Gasteiger partial charge is 0.227 e. The van der Waals surface area contributed by atoms with Crippen LogP contribution in [0.15, 0.2) is 18.2 Å². The molecule has 1 aliphatic carbocycles. The summed E-state index contributed by atoms with van der Waals surface area (Å²) < 4.78 is 0. The van der Waals surface area contributed by atoms with E-state index in [0.717, 1.165) is 31.5 Å². The Kier molecular flexibility index (Phi) is 5.92. The molecular weight excluding hydrogens is 284 g/mol. The fourth-order valence-electron chi connectivity index (χ4n) is 3.35. The highest BCUT2D eigenvalue weighted by Gasteiger charge is 2.20. The number of amides is 1. The Morgan fingerprint density at radius 1 is 1.10 bits per heavy atom. The van der Waals surface area contributed by atoms with Crippen molar-refractivity contribution in [1.82, 2.24) is 0 Å². The van der Waals surface area contributed by atoms with Crippen molar-refractivity contribution < 1.29 is 4.79 Å². The lowest BCUT2D eigenvalue weighted by Gasteiger charge is -2.19. The largest absolute Gasteiger partial charge is 0.384 e. The van der Waals surface area contributed by atoms with Gasteiger partial charge in [0.15, 0.2) is 0 Å². The molecule has 1 aromatic carbocycles. The molecule has 2 N–H and O–H groups in total. The van der Waals surface area contributed by atoms with Gasteiger partial charge in [0.2, 0.25) is 5.91 Å². The number of hydrogen-bond acceptors (Lipinski definition) is 2. The zero-order valence-electron chi connectivity index (χ0n) is 12.5. The highest BCUT2D eigenvalue weighted by atomic mass is 35.5. The molecule has 3 nitrogen and oxygen atoms in total. The first-order valence-corrected chi connectivity index (χ1v) is 8.00. The van der Waals surface area contributed by atoms with Crippen molar-refractivity contribution in [3.05, 3.63) is 23.8 Å². The Balaban J connectivity index is 0.00000161. The first kappa shape index (κ1) is 16.2. The summed E-state index contributed by atoms with van der Waals surface area (Å²) in [6, 6.07) is 6.21. The van der Waals surface area contributed by atoms with Crippen LogP contribution in [-0.4, -0.2) is 12.5 Å². The van der Waals surface area contributed by atoms with Gasteiger partial charge < -0.3 is 10.6 Å². The summed E-state index contributed by atoms with van der Waals surface area (Å²) in [6.45, 7) is 1.01. The Hall–Kier alpha value is -1.22. The quantitative estimate of drug-likeness (QED) is 0.851. The number of anilines is 2. The van der Waals surface area contributed by atoms with E-state index >= 15 is 0 Å². The molecule has 0 aromatic heterocycles. The number of carbonyl (C=O) groups is 1. The molecule has 116 valence electrons. The van der Waals surface area contributed by atoms with Crippen LogP contribution in [-0.2, 0) is 11.2 Å². The van der Waals surface area contributed by atoms with Crippen LogP contribution in [0.4, 0.5) is 11.4 Å². The topological polar surface area (TPSA) is 41.1 Å². The number of fused-ring (bicyclic) bond motifs is 1. The maximum Gasteiger partial charge on any atom is 0.227 e. The summed E-state index contributed by atoms with van der Waals surface area (Å²) in [5.74, 6) is 0.430. The first-order valence-electron chi connectivity index (χ1n) is 8.00. The Morgan fingerprint density at radius 2 is 1.81 bits per heavy atom. The maximum absolute atomic E-state index is 12.4. The second-order valence-electron chi connectivity index (χ2n) is 6.08. The number of nitrogens with one attached hydrogen (secondary N) is 2. The molecule has 0 radical (unpaired) electrons. The number of carbonyl (C=O) groups excluding carboxylic acids is 1. The van der Waals surface area contributed by atoms with E-state index in [1.165, 1.54) is 43.4 Å². The lowest BCUT2D eigenvalue weighted by atomic mass is 9.90. The molecule has 0 bridgehead atoms. The van der Waals surface area contributed by atoms with Crippen molar-refractivity contribution >= 4 is 29.7 Å². The molecule has 3 rings (SSSR count). The van der Waals surface area contributed by atoms with E-state index in [1.807, 2.05) is 6.07 Å². The average molecular weight is 309 g/mol. The average Bonchev–Trinajstić information content (AvgIpc) is 2.85. The number of benzene rings is 1. The molecule has 1 aromatic rings. The number of hydrogen-bond donors (Lipinski definition) is 2. The third-order valence-electron chi connectivity index (χ3n) is 4.56. The molecule has 1 saturated carbocycles. The predicted molar refractivity (Wildman–Crippen MR) is 90.3 cm³/mol. The van der Waals surface area contributed by atoms with Crippen LogP contribution >= 0.6 is 12.4 Å². The minimum absolute atomic E-state index is 0. The third-order valence-corrected chi connectivity index (χ3v) is 4.56.